The van der Waals surface area contributed by atoms with Crippen molar-refractivity contribution >= 4 is 22.4 Å². The molecule has 0 unspecified atom stereocenters. The van der Waals surface area contributed by atoms with Crippen LogP contribution in [0.4, 0.5) is 5.13 Å². The van der Waals surface area contributed by atoms with Gasteiger partial charge < -0.3 is 5.32 Å². The molecule has 2 N–H and O–H groups in total. The Morgan fingerprint density at radius 1 is 1.45 bits per heavy atom. The summed E-state index contributed by atoms with van der Waals surface area (Å²) in [4.78, 5) is 17.8. The summed E-state index contributed by atoms with van der Waals surface area (Å²) < 4.78 is 1.78. The molecular weight excluding hydrogens is 298 g/mol. The second-order valence-corrected chi connectivity index (χ2v) is 6.88. The van der Waals surface area contributed by atoms with Crippen molar-refractivity contribution in [3.63, 3.8) is 0 Å². The quantitative estimate of drug-likeness (QED) is 0.909. The number of aromatic nitrogens is 3. The molecule has 2 aromatic heterocycles. The van der Waals surface area contributed by atoms with Crippen LogP contribution in [0.2, 0.25) is 0 Å². The number of nitrogens with zero attached hydrogens (tertiary/aromatic N) is 3. The molecule has 3 rings (SSSR count). The number of piperidine rings is 1. The van der Waals surface area contributed by atoms with Gasteiger partial charge in [0.2, 0.25) is 0 Å². The Bertz CT molecular complexity index is 642. The Morgan fingerprint density at radius 3 is 2.91 bits per heavy atom. The van der Waals surface area contributed by atoms with Crippen molar-refractivity contribution in [2.75, 3.05) is 18.4 Å². The second kappa shape index (κ2) is 6.58. The topological polar surface area (TPSA) is 71.8 Å². The molecule has 118 valence electrons. The van der Waals surface area contributed by atoms with Gasteiger partial charge in [-0.2, -0.15) is 5.10 Å². The van der Waals surface area contributed by atoms with Crippen molar-refractivity contribution in [3.8, 4) is 0 Å². The van der Waals surface area contributed by atoms with Gasteiger partial charge in [0.1, 0.15) is 0 Å². The minimum atomic E-state index is -0.203. The maximum Gasteiger partial charge on any atom is 0.277 e. The molecule has 0 aliphatic carbocycles. The highest BCUT2D eigenvalue weighted by Gasteiger charge is 2.19. The summed E-state index contributed by atoms with van der Waals surface area (Å²) in [5, 5.41) is 11.1. The monoisotopic (exact) mass is 319 g/mol. The highest BCUT2D eigenvalue weighted by Crippen LogP contribution is 2.31. The van der Waals surface area contributed by atoms with E-state index in [-0.39, 0.29) is 11.9 Å². The molecule has 1 amide bonds. The van der Waals surface area contributed by atoms with Crippen LogP contribution < -0.4 is 10.6 Å². The number of anilines is 1. The first kappa shape index (κ1) is 15.2. The minimum absolute atomic E-state index is 0.203. The van der Waals surface area contributed by atoms with E-state index in [1.54, 1.807) is 22.1 Å². The van der Waals surface area contributed by atoms with E-state index in [2.05, 4.69) is 20.7 Å². The second-order valence-electron chi connectivity index (χ2n) is 5.82. The third kappa shape index (κ3) is 3.36. The fourth-order valence-corrected chi connectivity index (χ4v) is 3.53. The number of rotatable bonds is 4. The van der Waals surface area contributed by atoms with Gasteiger partial charge >= 0.3 is 0 Å². The lowest BCUT2D eigenvalue weighted by molar-refractivity contribution is 0.102. The molecule has 0 bridgehead atoms. The summed E-state index contributed by atoms with van der Waals surface area (Å²) in [6.45, 7) is 6.16. The van der Waals surface area contributed by atoms with Gasteiger partial charge in [0.15, 0.2) is 10.8 Å². The van der Waals surface area contributed by atoms with Crippen molar-refractivity contribution in [2.24, 2.45) is 0 Å². The average Bonchev–Trinajstić information content (AvgIpc) is 3.17. The molecule has 3 heterocycles. The standard InChI is InChI=1S/C15H21N5OS/c1-10(2)20-8-5-12(19-20)14(21)18-15-17-9-13(22-15)11-3-6-16-7-4-11/h5,8-11,16H,3-4,6-7H2,1-2H3,(H,17,18,21). The average molecular weight is 319 g/mol. The zero-order valence-electron chi connectivity index (χ0n) is 12.9. The summed E-state index contributed by atoms with van der Waals surface area (Å²) in [6.07, 6.45) is 5.98. The van der Waals surface area contributed by atoms with Crippen LogP contribution >= 0.6 is 11.3 Å². The number of carbonyl (C=O) groups is 1. The predicted octanol–water partition coefficient (Wildman–Crippen LogP) is 2.64. The molecule has 1 aliphatic heterocycles. The van der Waals surface area contributed by atoms with Crippen LogP contribution in [0.5, 0.6) is 0 Å². The van der Waals surface area contributed by atoms with E-state index in [0.717, 1.165) is 25.9 Å². The van der Waals surface area contributed by atoms with Gasteiger partial charge in [-0.15, -0.1) is 11.3 Å². The first-order valence-electron chi connectivity index (χ1n) is 7.66. The predicted molar refractivity (Wildman–Crippen MR) is 87.5 cm³/mol. The lowest BCUT2D eigenvalue weighted by atomic mass is 9.97. The zero-order valence-corrected chi connectivity index (χ0v) is 13.7. The van der Waals surface area contributed by atoms with E-state index in [4.69, 9.17) is 0 Å². The lowest BCUT2D eigenvalue weighted by Gasteiger charge is -2.20. The highest BCUT2D eigenvalue weighted by molar-refractivity contribution is 7.15. The van der Waals surface area contributed by atoms with E-state index in [1.807, 2.05) is 26.2 Å². The van der Waals surface area contributed by atoms with E-state index in [9.17, 15) is 4.79 Å². The van der Waals surface area contributed by atoms with Crippen molar-refractivity contribution in [2.45, 2.75) is 38.6 Å². The fraction of sp³-hybridized carbons (Fsp3) is 0.533. The Balaban J connectivity index is 1.65. The van der Waals surface area contributed by atoms with E-state index in [1.165, 1.54) is 4.88 Å². The Morgan fingerprint density at radius 2 is 2.23 bits per heavy atom. The first-order chi connectivity index (χ1) is 10.6. The highest BCUT2D eigenvalue weighted by atomic mass is 32.1. The molecule has 2 aromatic rings. The van der Waals surface area contributed by atoms with Crippen LogP contribution in [0.1, 0.15) is 54.0 Å². The smallest absolute Gasteiger partial charge is 0.277 e. The van der Waals surface area contributed by atoms with Crippen molar-refractivity contribution in [1.29, 1.82) is 0 Å². The maximum atomic E-state index is 12.2. The summed E-state index contributed by atoms with van der Waals surface area (Å²) in [7, 11) is 0. The van der Waals surface area contributed by atoms with Crippen LogP contribution in [0.3, 0.4) is 0 Å². The molecule has 6 nitrogen and oxygen atoms in total. The van der Waals surface area contributed by atoms with Gasteiger partial charge in [-0.3, -0.25) is 14.8 Å². The van der Waals surface area contributed by atoms with E-state index < -0.39 is 0 Å². The van der Waals surface area contributed by atoms with Crippen molar-refractivity contribution in [3.05, 3.63) is 29.0 Å². The molecule has 0 saturated carbocycles. The molecule has 1 saturated heterocycles. The molecule has 1 aliphatic rings. The van der Waals surface area contributed by atoms with Crippen LogP contribution in [-0.2, 0) is 0 Å². The third-order valence-electron chi connectivity index (χ3n) is 3.86. The molecule has 7 heteroatoms. The number of hydrogen-bond donors (Lipinski definition) is 2. The van der Waals surface area contributed by atoms with E-state index in [0.29, 0.717) is 16.7 Å². The normalized spacial score (nSPS) is 16.1. The van der Waals surface area contributed by atoms with Gasteiger partial charge in [-0.1, -0.05) is 0 Å². The van der Waals surface area contributed by atoms with Crippen molar-refractivity contribution < 1.29 is 4.79 Å². The lowest BCUT2D eigenvalue weighted by Crippen LogP contribution is -2.26. The molecule has 0 atom stereocenters. The zero-order chi connectivity index (χ0) is 15.5. The molecule has 0 radical (unpaired) electrons. The van der Waals surface area contributed by atoms with Gasteiger partial charge in [-0.05, 0) is 51.8 Å². The summed E-state index contributed by atoms with van der Waals surface area (Å²) in [6, 6.07) is 1.98. The number of hydrogen-bond acceptors (Lipinski definition) is 5. The number of thiazole rings is 1. The van der Waals surface area contributed by atoms with Gasteiger partial charge in [0.25, 0.3) is 5.91 Å². The maximum absolute atomic E-state index is 12.2. The van der Waals surface area contributed by atoms with Crippen LogP contribution in [0.15, 0.2) is 18.5 Å². The molecule has 1 fully saturated rings. The molecule has 0 aromatic carbocycles. The Labute approximate surface area is 133 Å². The summed E-state index contributed by atoms with van der Waals surface area (Å²) in [5.41, 5.74) is 0.423. The number of nitrogens with one attached hydrogen (secondary N) is 2. The SMILES string of the molecule is CC(C)n1ccc(C(=O)Nc2ncc(C3CCNCC3)s2)n1. The van der Waals surface area contributed by atoms with Crippen molar-refractivity contribution in [1.82, 2.24) is 20.1 Å². The van der Waals surface area contributed by atoms with E-state index >= 15 is 0 Å². The van der Waals surface area contributed by atoms with Crippen LogP contribution in [0, 0.1) is 0 Å². The Hall–Kier alpha value is -1.73. The fourth-order valence-electron chi connectivity index (χ4n) is 2.55. The molecular formula is C15H21N5OS. The number of carbonyl (C=O) groups excluding carboxylic acids is 1. The first-order valence-corrected chi connectivity index (χ1v) is 8.48. The van der Waals surface area contributed by atoms with Gasteiger partial charge in [-0.25, -0.2) is 4.98 Å². The van der Waals surface area contributed by atoms with Crippen LogP contribution in [-0.4, -0.2) is 33.8 Å². The minimum Gasteiger partial charge on any atom is -0.317 e. The Kier molecular flexibility index (Phi) is 4.54. The largest absolute Gasteiger partial charge is 0.317 e. The number of amides is 1. The van der Waals surface area contributed by atoms with Gasteiger partial charge in [0, 0.05) is 23.3 Å². The summed E-state index contributed by atoms with van der Waals surface area (Å²) in [5.74, 6) is 0.357. The van der Waals surface area contributed by atoms with Crippen LogP contribution in [0.25, 0.3) is 0 Å². The molecule has 22 heavy (non-hydrogen) atoms. The summed E-state index contributed by atoms with van der Waals surface area (Å²) >= 11 is 1.57. The van der Waals surface area contributed by atoms with Gasteiger partial charge in [0.05, 0.1) is 0 Å². The molecule has 0 spiro atoms. The third-order valence-corrected chi connectivity index (χ3v) is 4.93.